The van der Waals surface area contributed by atoms with Crippen LogP contribution in [0, 0.1) is 18.8 Å². The van der Waals surface area contributed by atoms with Crippen LogP contribution in [-0.2, 0) is 6.42 Å². The van der Waals surface area contributed by atoms with Crippen molar-refractivity contribution in [1.29, 1.82) is 0 Å². The van der Waals surface area contributed by atoms with Crippen LogP contribution in [0.1, 0.15) is 88.4 Å². The number of aryl methyl sites for hydroxylation is 2. The minimum atomic E-state index is 0. The summed E-state index contributed by atoms with van der Waals surface area (Å²) in [4.78, 5) is 0. The molecule has 1 nitrogen and oxygen atoms in total. The van der Waals surface area contributed by atoms with Gasteiger partial charge in [0.05, 0.1) is 0 Å². The minimum Gasteiger partial charge on any atom is -0.359 e. The number of hydrogen-bond acceptors (Lipinski definition) is 1. The summed E-state index contributed by atoms with van der Waals surface area (Å²) in [6.07, 6.45) is 14.2. The van der Waals surface area contributed by atoms with Gasteiger partial charge in [0.25, 0.3) is 0 Å². The zero-order valence-corrected chi connectivity index (χ0v) is 22.6. The van der Waals surface area contributed by atoms with Gasteiger partial charge in [-0.15, -0.1) is 6.58 Å². The zero-order chi connectivity index (χ0) is 25.7. The molecular weight excluding hydrogens is 433 g/mol. The lowest BCUT2D eigenvalue weighted by Crippen LogP contribution is -2.18. The lowest BCUT2D eigenvalue weighted by molar-refractivity contribution is 0.290. The van der Waals surface area contributed by atoms with E-state index < -0.39 is 0 Å². The first-order valence-corrected chi connectivity index (χ1v) is 13.8. The maximum absolute atomic E-state index is 6.21. The molecule has 3 atom stereocenters. The predicted octanol–water partition coefficient (Wildman–Crippen LogP) is 8.32. The third kappa shape index (κ3) is 6.33. The van der Waals surface area contributed by atoms with Crippen LogP contribution in [0.2, 0.25) is 0 Å². The molecule has 2 radical (unpaired) electrons. The fraction of sp³-hybridized carbons (Fsp3) is 0.412. The third-order valence-electron chi connectivity index (χ3n) is 8.36. The highest BCUT2D eigenvalue weighted by Gasteiger charge is 2.21. The van der Waals surface area contributed by atoms with Gasteiger partial charge in [0.2, 0.25) is 0 Å². The lowest BCUT2D eigenvalue weighted by Gasteiger charge is -2.27. The fourth-order valence-electron chi connectivity index (χ4n) is 6.13. The van der Waals surface area contributed by atoms with Crippen LogP contribution in [0.15, 0.2) is 84.7 Å². The molecule has 2 aliphatic carbocycles. The van der Waals surface area contributed by atoms with Crippen molar-refractivity contribution in [2.75, 3.05) is 0 Å². The number of rotatable bonds is 10. The maximum Gasteiger partial charge on any atom is 0.114 e. The van der Waals surface area contributed by atoms with Gasteiger partial charge in [0.1, 0.15) is 7.85 Å². The van der Waals surface area contributed by atoms with E-state index in [0.29, 0.717) is 5.92 Å². The monoisotopic (exact) mass is 477 g/mol. The molecule has 2 heteroatoms. The first kappa shape index (κ1) is 26.3. The van der Waals surface area contributed by atoms with Crippen LogP contribution in [0.5, 0.6) is 0 Å². The van der Waals surface area contributed by atoms with Crippen molar-refractivity contribution in [2.24, 2.45) is 11.8 Å². The lowest BCUT2D eigenvalue weighted by atomic mass is 9.78. The molecule has 0 saturated heterocycles. The Hall–Kier alpha value is -2.74. The highest BCUT2D eigenvalue weighted by atomic mass is 14.9. The summed E-state index contributed by atoms with van der Waals surface area (Å²) in [5.41, 5.74) is 11.2. The molecule has 1 saturated carbocycles. The molecule has 2 aromatic carbocycles. The third-order valence-corrected chi connectivity index (χ3v) is 8.36. The predicted molar refractivity (Wildman–Crippen MR) is 160 cm³/mol. The van der Waals surface area contributed by atoms with Gasteiger partial charge >= 0.3 is 0 Å². The van der Waals surface area contributed by atoms with E-state index in [1.165, 1.54) is 77.6 Å². The Labute approximate surface area is 222 Å². The van der Waals surface area contributed by atoms with E-state index in [0.717, 1.165) is 35.8 Å². The first-order valence-electron chi connectivity index (χ1n) is 13.8. The van der Waals surface area contributed by atoms with Gasteiger partial charge in [-0.2, -0.15) is 0 Å². The number of hydrogen-bond donors (Lipinski definition) is 1. The Kier molecular flexibility index (Phi) is 8.78. The van der Waals surface area contributed by atoms with E-state index in [4.69, 9.17) is 7.85 Å². The summed E-state index contributed by atoms with van der Waals surface area (Å²) in [5.74, 6) is 1.89. The molecule has 0 spiro atoms. The Morgan fingerprint density at radius 2 is 2.00 bits per heavy atom. The molecule has 1 N–H and O–H groups in total. The standard InChI is InChI=1S/C34H42BN.H2/c1-6-27-10-9-11-28(22-27)15-16-29-17-18-30(21-24(29)3)32-19-14-23(2)34(32)36-26(5)20-25(4)31-12-7-8-13-33(31)35;/h6-8,12-14,17-18,21,25,27-28,36H,1,5,9-11,15-16,19-20,22H2,2-4H3;1H/t25-,27-,28+;/m0./s1. The zero-order valence-electron chi connectivity index (χ0n) is 22.6. The summed E-state index contributed by atoms with van der Waals surface area (Å²) in [6.45, 7) is 15.1. The second-order valence-corrected chi connectivity index (χ2v) is 11.1. The van der Waals surface area contributed by atoms with Crippen LogP contribution in [0.25, 0.3) is 5.57 Å². The summed E-state index contributed by atoms with van der Waals surface area (Å²) < 4.78 is 0. The number of benzene rings is 2. The van der Waals surface area contributed by atoms with Crippen LogP contribution < -0.4 is 10.8 Å². The molecule has 0 amide bonds. The smallest absolute Gasteiger partial charge is 0.114 e. The van der Waals surface area contributed by atoms with Gasteiger partial charge in [0.15, 0.2) is 0 Å². The molecule has 2 aliphatic rings. The van der Waals surface area contributed by atoms with E-state index in [1.54, 1.807) is 0 Å². The minimum absolute atomic E-state index is 0. The quantitative estimate of drug-likeness (QED) is 0.268. The van der Waals surface area contributed by atoms with Crippen molar-refractivity contribution in [3.63, 3.8) is 0 Å². The average molecular weight is 478 g/mol. The number of nitrogens with one attached hydrogen (secondary N) is 1. The summed E-state index contributed by atoms with van der Waals surface area (Å²) in [5, 5.41) is 3.68. The van der Waals surface area contributed by atoms with Gasteiger partial charge in [-0.05, 0) is 98.0 Å². The molecule has 0 aliphatic heterocycles. The highest BCUT2D eigenvalue weighted by Crippen LogP contribution is 2.35. The van der Waals surface area contributed by atoms with Gasteiger partial charge in [0, 0.05) is 12.8 Å². The van der Waals surface area contributed by atoms with Crippen molar-refractivity contribution in [1.82, 2.24) is 5.32 Å². The second-order valence-electron chi connectivity index (χ2n) is 11.1. The second kappa shape index (κ2) is 12.0. The highest BCUT2D eigenvalue weighted by molar-refractivity contribution is 6.33. The summed E-state index contributed by atoms with van der Waals surface area (Å²) in [7, 11) is 6.21. The van der Waals surface area contributed by atoms with Crippen LogP contribution in [0.3, 0.4) is 0 Å². The average Bonchev–Trinajstić information content (AvgIpc) is 3.23. The summed E-state index contributed by atoms with van der Waals surface area (Å²) in [6, 6.07) is 15.2. The molecule has 36 heavy (non-hydrogen) atoms. The first-order chi connectivity index (χ1) is 17.4. The van der Waals surface area contributed by atoms with E-state index in [9.17, 15) is 0 Å². The Morgan fingerprint density at radius 1 is 1.19 bits per heavy atom. The molecule has 0 unspecified atom stereocenters. The SMILES string of the molecule is [B]c1ccccc1[C@@H](C)CC(=C)NC1=C(c2ccc(CC[C@H]3CCC[C@H](C=C)C3)c(C)c2)CC=C1C.[HH]. The van der Waals surface area contributed by atoms with E-state index >= 15 is 0 Å². The normalized spacial score (nSPS) is 20.7. The van der Waals surface area contributed by atoms with E-state index in [1.807, 2.05) is 12.1 Å². The van der Waals surface area contributed by atoms with Gasteiger partial charge in [-0.1, -0.05) is 92.0 Å². The molecule has 0 heterocycles. The molecular formula is C34H44BN. The van der Waals surface area contributed by atoms with Crippen molar-refractivity contribution in [2.45, 2.75) is 78.1 Å². The molecule has 1 fully saturated rings. The largest absolute Gasteiger partial charge is 0.359 e. The molecule has 0 bridgehead atoms. The van der Waals surface area contributed by atoms with Crippen LogP contribution >= 0.6 is 0 Å². The Morgan fingerprint density at radius 3 is 2.75 bits per heavy atom. The number of allylic oxidation sites excluding steroid dienone is 5. The van der Waals surface area contributed by atoms with E-state index in [-0.39, 0.29) is 1.43 Å². The van der Waals surface area contributed by atoms with Crippen molar-refractivity contribution in [3.8, 4) is 0 Å². The van der Waals surface area contributed by atoms with Gasteiger partial charge < -0.3 is 5.32 Å². The van der Waals surface area contributed by atoms with Crippen molar-refractivity contribution >= 4 is 18.9 Å². The molecule has 0 aromatic heterocycles. The van der Waals surface area contributed by atoms with Crippen LogP contribution in [-0.4, -0.2) is 7.85 Å². The topological polar surface area (TPSA) is 12.0 Å². The van der Waals surface area contributed by atoms with Crippen LogP contribution in [0.4, 0.5) is 0 Å². The molecule has 188 valence electrons. The Bertz CT molecular complexity index is 1170. The maximum atomic E-state index is 6.21. The van der Waals surface area contributed by atoms with E-state index in [2.05, 4.69) is 81.7 Å². The molecule has 2 aromatic rings. The van der Waals surface area contributed by atoms with Gasteiger partial charge in [-0.25, -0.2) is 0 Å². The fourth-order valence-corrected chi connectivity index (χ4v) is 6.13. The Balaban J connectivity index is 0.00000380. The van der Waals surface area contributed by atoms with Crippen molar-refractivity contribution in [3.05, 3.63) is 107 Å². The van der Waals surface area contributed by atoms with Gasteiger partial charge in [-0.3, -0.25) is 0 Å². The van der Waals surface area contributed by atoms with Crippen molar-refractivity contribution < 1.29 is 1.43 Å². The molecule has 4 rings (SSSR count). The summed E-state index contributed by atoms with van der Waals surface area (Å²) >= 11 is 0.